The van der Waals surface area contributed by atoms with Crippen LogP contribution in [-0.2, 0) is 33.3 Å². The molecule has 0 spiro atoms. The summed E-state index contributed by atoms with van der Waals surface area (Å²) in [5.74, 6) is -3.59. The van der Waals surface area contributed by atoms with Crippen molar-refractivity contribution >= 4 is 11.9 Å². The molecule has 2 bridgehead atoms. The monoisotopic (exact) mass is 636 g/mol. The molecule has 0 radical (unpaired) electrons. The molecule has 0 aromatic rings. The second kappa shape index (κ2) is 12.1. The maximum atomic E-state index is 13.6. The van der Waals surface area contributed by atoms with Gasteiger partial charge in [0.15, 0.2) is 17.8 Å². The number of hydrogen-bond acceptors (Lipinski definition) is 9. The highest BCUT2D eigenvalue weighted by Gasteiger charge is 2.66. The van der Waals surface area contributed by atoms with Crippen LogP contribution in [-0.4, -0.2) is 94.0 Å². The standard InChI is InChI=1S/C28H42F6O9/c1-13(2)22(36)39-12-18(35)40-17-11-16-19(23(5,6)42-14(3)25(9,37)27(29,30)31)20(21(17)41-16)24(7,8)43-15(4)26(10,38)28(32,33)34/h14-17,19-21,37-38H,1,11-12H2,2-10H3. The summed E-state index contributed by atoms with van der Waals surface area (Å²) in [4.78, 5) is 24.1. The molecular weight excluding hydrogens is 594 g/mol. The molecule has 2 rings (SSSR count). The third-order valence-electron chi connectivity index (χ3n) is 8.55. The summed E-state index contributed by atoms with van der Waals surface area (Å²) in [5, 5.41) is 20.4. The summed E-state index contributed by atoms with van der Waals surface area (Å²) in [5.41, 5.74) is -9.55. The zero-order valence-electron chi connectivity index (χ0n) is 25.7. The highest BCUT2D eigenvalue weighted by Crippen LogP contribution is 2.55. The molecule has 2 N–H and O–H groups in total. The fourth-order valence-corrected chi connectivity index (χ4v) is 5.72. The SMILES string of the molecule is C=C(C)C(=O)OCC(=O)OC1CC2OC1C(C(C)(C)OC(C)C(C)(O)C(F)(F)F)C2C(C)(C)OC(C)C(C)(O)C(F)(F)F. The number of rotatable bonds is 12. The molecule has 9 atom stereocenters. The minimum atomic E-state index is -5.06. The highest BCUT2D eigenvalue weighted by molar-refractivity contribution is 5.88. The van der Waals surface area contributed by atoms with Gasteiger partial charge in [-0.05, 0) is 62.3 Å². The first kappa shape index (κ1) is 37.2. The van der Waals surface area contributed by atoms with E-state index < -0.39 is 95.7 Å². The number of fused-ring (bicyclic) bond motifs is 2. The van der Waals surface area contributed by atoms with Crippen LogP contribution >= 0.6 is 0 Å². The number of aliphatic hydroxyl groups is 2. The number of carbonyl (C=O) groups excluding carboxylic acids is 2. The third kappa shape index (κ3) is 7.66. The number of ether oxygens (including phenoxy) is 5. The highest BCUT2D eigenvalue weighted by atomic mass is 19.4. The molecule has 15 heteroatoms. The van der Waals surface area contributed by atoms with Crippen LogP contribution in [0.25, 0.3) is 0 Å². The molecule has 0 amide bonds. The lowest BCUT2D eigenvalue weighted by molar-refractivity contribution is -0.310. The van der Waals surface area contributed by atoms with E-state index in [1.807, 2.05) is 0 Å². The first-order valence-electron chi connectivity index (χ1n) is 13.7. The normalized spacial score (nSPS) is 28.9. The van der Waals surface area contributed by atoms with Crippen molar-refractivity contribution in [3.05, 3.63) is 12.2 Å². The van der Waals surface area contributed by atoms with Crippen molar-refractivity contribution < 1.29 is 69.8 Å². The van der Waals surface area contributed by atoms with Gasteiger partial charge in [0, 0.05) is 23.8 Å². The van der Waals surface area contributed by atoms with Gasteiger partial charge in [0.25, 0.3) is 0 Å². The Bertz CT molecular complexity index is 1050. The summed E-state index contributed by atoms with van der Waals surface area (Å²) in [6.45, 7) is 13.0. The first-order chi connectivity index (χ1) is 19.1. The Morgan fingerprint density at radius 1 is 0.860 bits per heavy atom. The van der Waals surface area contributed by atoms with Crippen LogP contribution in [0, 0.1) is 11.8 Å². The number of esters is 2. The average Bonchev–Trinajstić information content (AvgIpc) is 3.39. The Kier molecular flexibility index (Phi) is 10.5. The number of halogens is 6. The zero-order chi connectivity index (χ0) is 33.7. The fourth-order valence-electron chi connectivity index (χ4n) is 5.72. The van der Waals surface area contributed by atoms with E-state index in [-0.39, 0.29) is 12.0 Å². The van der Waals surface area contributed by atoms with Crippen molar-refractivity contribution in [2.45, 2.75) is 134 Å². The van der Waals surface area contributed by atoms with Gasteiger partial charge in [0.2, 0.25) is 0 Å². The zero-order valence-corrected chi connectivity index (χ0v) is 25.7. The Hall–Kier alpha value is -1.94. The molecule has 2 saturated heterocycles. The molecule has 2 heterocycles. The molecule has 0 aliphatic carbocycles. The Balaban J connectivity index is 2.43. The van der Waals surface area contributed by atoms with Gasteiger partial charge < -0.3 is 33.9 Å². The van der Waals surface area contributed by atoms with E-state index in [1.54, 1.807) is 0 Å². The van der Waals surface area contributed by atoms with E-state index in [4.69, 9.17) is 23.7 Å². The van der Waals surface area contributed by atoms with Crippen molar-refractivity contribution in [1.29, 1.82) is 0 Å². The quantitative estimate of drug-likeness (QED) is 0.182. The molecule has 2 aliphatic heterocycles. The minimum absolute atomic E-state index is 0.0364. The third-order valence-corrected chi connectivity index (χ3v) is 8.55. The second-order valence-electron chi connectivity index (χ2n) is 12.8. The average molecular weight is 637 g/mol. The lowest BCUT2D eigenvalue weighted by Gasteiger charge is -2.50. The summed E-state index contributed by atoms with van der Waals surface area (Å²) in [7, 11) is 0. The fraction of sp³-hybridized carbons (Fsp3) is 0.857. The van der Waals surface area contributed by atoms with Crippen molar-refractivity contribution in [3.63, 3.8) is 0 Å². The minimum Gasteiger partial charge on any atom is -0.457 e. The van der Waals surface area contributed by atoms with E-state index in [2.05, 4.69) is 6.58 Å². The van der Waals surface area contributed by atoms with Gasteiger partial charge in [-0.1, -0.05) is 6.58 Å². The number of alkyl halides is 6. The van der Waals surface area contributed by atoms with Gasteiger partial charge in [-0.3, -0.25) is 0 Å². The van der Waals surface area contributed by atoms with Crippen molar-refractivity contribution in [2.75, 3.05) is 6.61 Å². The van der Waals surface area contributed by atoms with Gasteiger partial charge in [-0.25, -0.2) is 9.59 Å². The predicted octanol–water partition coefficient (Wildman–Crippen LogP) is 4.42. The lowest BCUT2D eigenvalue weighted by Crippen LogP contribution is -2.61. The molecule has 9 nitrogen and oxygen atoms in total. The van der Waals surface area contributed by atoms with Crippen LogP contribution in [0.4, 0.5) is 26.3 Å². The largest absolute Gasteiger partial charge is 0.457 e. The van der Waals surface area contributed by atoms with Crippen molar-refractivity contribution in [1.82, 2.24) is 0 Å². The topological polar surface area (TPSA) is 121 Å². The Morgan fingerprint density at radius 2 is 1.28 bits per heavy atom. The van der Waals surface area contributed by atoms with Crippen molar-refractivity contribution in [3.8, 4) is 0 Å². The van der Waals surface area contributed by atoms with Crippen LogP contribution in [0.2, 0.25) is 0 Å². The van der Waals surface area contributed by atoms with Gasteiger partial charge in [0.1, 0.15) is 12.2 Å². The maximum Gasteiger partial charge on any atom is 0.419 e. The van der Waals surface area contributed by atoms with Crippen LogP contribution in [0.15, 0.2) is 12.2 Å². The summed E-state index contributed by atoms with van der Waals surface area (Å²) >= 11 is 0. The molecular formula is C28H42F6O9. The van der Waals surface area contributed by atoms with E-state index in [1.165, 1.54) is 34.6 Å². The summed E-state index contributed by atoms with van der Waals surface area (Å²) in [6, 6.07) is 0. The van der Waals surface area contributed by atoms with Crippen LogP contribution in [0.5, 0.6) is 0 Å². The Labute approximate surface area is 246 Å². The summed E-state index contributed by atoms with van der Waals surface area (Å²) < 4.78 is 109. The van der Waals surface area contributed by atoms with E-state index >= 15 is 0 Å². The molecule has 43 heavy (non-hydrogen) atoms. The van der Waals surface area contributed by atoms with Gasteiger partial charge in [-0.2, -0.15) is 26.3 Å². The molecule has 2 aliphatic rings. The van der Waals surface area contributed by atoms with E-state index in [0.29, 0.717) is 13.8 Å². The van der Waals surface area contributed by atoms with E-state index in [9.17, 15) is 46.1 Å². The molecule has 9 unspecified atom stereocenters. The van der Waals surface area contributed by atoms with Gasteiger partial charge >= 0.3 is 24.3 Å². The molecule has 0 saturated carbocycles. The van der Waals surface area contributed by atoms with E-state index in [0.717, 1.165) is 13.8 Å². The van der Waals surface area contributed by atoms with Crippen LogP contribution < -0.4 is 0 Å². The molecule has 250 valence electrons. The van der Waals surface area contributed by atoms with Gasteiger partial charge in [-0.15, -0.1) is 0 Å². The molecule has 2 fully saturated rings. The first-order valence-corrected chi connectivity index (χ1v) is 13.7. The Morgan fingerprint density at radius 3 is 1.67 bits per heavy atom. The van der Waals surface area contributed by atoms with Crippen LogP contribution in [0.1, 0.15) is 68.7 Å². The maximum absolute atomic E-state index is 13.6. The predicted molar refractivity (Wildman–Crippen MR) is 139 cm³/mol. The number of hydrogen-bond donors (Lipinski definition) is 2. The van der Waals surface area contributed by atoms with Gasteiger partial charge in [0.05, 0.1) is 29.5 Å². The summed E-state index contributed by atoms with van der Waals surface area (Å²) in [6.07, 6.45) is -16.5. The molecule has 0 aromatic heterocycles. The van der Waals surface area contributed by atoms with Crippen molar-refractivity contribution in [2.24, 2.45) is 11.8 Å². The van der Waals surface area contributed by atoms with Crippen LogP contribution in [0.3, 0.4) is 0 Å². The number of carbonyl (C=O) groups is 2. The lowest BCUT2D eigenvalue weighted by atomic mass is 9.64. The molecule has 0 aromatic carbocycles. The smallest absolute Gasteiger partial charge is 0.419 e. The second-order valence-corrected chi connectivity index (χ2v) is 12.8.